The molecule has 2 aromatic carbocycles. The predicted molar refractivity (Wildman–Crippen MR) is 119 cm³/mol. The zero-order chi connectivity index (χ0) is 21.4. The van der Waals surface area contributed by atoms with E-state index in [1.54, 1.807) is 25.1 Å². The molecular weight excluding hydrogens is 456 g/mol. The van der Waals surface area contributed by atoms with Crippen LogP contribution >= 0.6 is 27.5 Å². The van der Waals surface area contributed by atoms with Gasteiger partial charge in [-0.1, -0.05) is 46.6 Å². The highest BCUT2D eigenvalue weighted by molar-refractivity contribution is 9.10. The molecule has 0 aliphatic rings. The average molecular weight is 482 g/mol. The summed E-state index contributed by atoms with van der Waals surface area (Å²) in [7, 11) is 0. The molecule has 1 N–H and O–H groups in total. The molecule has 2 rings (SSSR count). The van der Waals surface area contributed by atoms with Crippen LogP contribution in [0.3, 0.4) is 0 Å². The lowest BCUT2D eigenvalue weighted by Crippen LogP contribution is -2.49. The number of carbonyl (C=O) groups excluding carboxylic acids is 2. The van der Waals surface area contributed by atoms with E-state index in [4.69, 9.17) is 16.3 Å². The Morgan fingerprint density at radius 2 is 2.00 bits per heavy atom. The summed E-state index contributed by atoms with van der Waals surface area (Å²) in [5.41, 5.74) is 1.86. The van der Waals surface area contributed by atoms with Crippen molar-refractivity contribution < 1.29 is 14.3 Å². The van der Waals surface area contributed by atoms with Gasteiger partial charge in [0.15, 0.2) is 6.61 Å². The first kappa shape index (κ1) is 23.2. The molecule has 0 heterocycles. The van der Waals surface area contributed by atoms with Gasteiger partial charge in [-0.05, 0) is 61.7 Å². The van der Waals surface area contributed by atoms with Crippen molar-refractivity contribution in [2.24, 2.45) is 0 Å². The third-order valence-corrected chi connectivity index (χ3v) is 5.58. The minimum Gasteiger partial charge on any atom is -0.484 e. The maximum atomic E-state index is 13.0. The van der Waals surface area contributed by atoms with Crippen LogP contribution in [0.15, 0.2) is 46.9 Å². The number of nitrogens with one attached hydrogen (secondary N) is 1. The number of carbonyl (C=O) groups is 2. The molecule has 7 heteroatoms. The summed E-state index contributed by atoms with van der Waals surface area (Å²) in [5, 5.41) is 3.43. The van der Waals surface area contributed by atoms with Gasteiger partial charge < -0.3 is 15.0 Å². The summed E-state index contributed by atoms with van der Waals surface area (Å²) < 4.78 is 6.66. The van der Waals surface area contributed by atoms with Gasteiger partial charge in [0, 0.05) is 22.6 Å². The van der Waals surface area contributed by atoms with Gasteiger partial charge in [0.25, 0.3) is 5.91 Å². The molecule has 1 unspecified atom stereocenters. The molecule has 5 nitrogen and oxygen atoms in total. The molecule has 0 aliphatic heterocycles. The van der Waals surface area contributed by atoms with Crippen LogP contribution in [0.4, 0.5) is 0 Å². The van der Waals surface area contributed by atoms with Crippen molar-refractivity contribution in [3.63, 3.8) is 0 Å². The Balaban J connectivity index is 2.14. The molecule has 0 saturated heterocycles. The Labute approximate surface area is 185 Å². The van der Waals surface area contributed by atoms with E-state index >= 15 is 0 Å². The van der Waals surface area contributed by atoms with Crippen molar-refractivity contribution in [2.75, 3.05) is 13.2 Å². The van der Waals surface area contributed by atoms with Crippen molar-refractivity contribution in [3.05, 3.63) is 63.1 Å². The van der Waals surface area contributed by atoms with Gasteiger partial charge in [0.05, 0.1) is 0 Å². The van der Waals surface area contributed by atoms with E-state index in [1.165, 1.54) is 4.90 Å². The van der Waals surface area contributed by atoms with Gasteiger partial charge >= 0.3 is 0 Å². The van der Waals surface area contributed by atoms with Crippen LogP contribution in [0.5, 0.6) is 5.75 Å². The van der Waals surface area contributed by atoms with Gasteiger partial charge in [-0.15, -0.1) is 0 Å². The second-order valence-electron chi connectivity index (χ2n) is 6.82. The molecule has 2 aromatic rings. The molecular formula is C22H26BrClN2O3. The van der Waals surface area contributed by atoms with E-state index in [2.05, 4.69) is 21.2 Å². The Morgan fingerprint density at radius 1 is 1.24 bits per heavy atom. The Hall–Kier alpha value is -2.05. The average Bonchev–Trinajstić information content (AvgIpc) is 2.70. The number of benzene rings is 2. The van der Waals surface area contributed by atoms with E-state index in [-0.39, 0.29) is 25.0 Å². The van der Waals surface area contributed by atoms with Crippen LogP contribution in [-0.2, 0) is 16.1 Å². The molecule has 0 fully saturated rings. The molecule has 0 aliphatic carbocycles. The number of aryl methyl sites for hydroxylation is 1. The summed E-state index contributed by atoms with van der Waals surface area (Å²) in [6.45, 7) is 6.32. The van der Waals surface area contributed by atoms with Crippen LogP contribution in [-0.4, -0.2) is 35.9 Å². The van der Waals surface area contributed by atoms with Crippen LogP contribution in [0.2, 0.25) is 5.02 Å². The molecule has 0 saturated carbocycles. The SMILES string of the molecule is CCCNC(=O)C(C)N(Cc1cccc(Cl)c1)C(=O)COc1ccc(Br)c(C)c1. The number of rotatable bonds is 9. The summed E-state index contributed by atoms with van der Waals surface area (Å²) in [6, 6.07) is 12.2. The minimum absolute atomic E-state index is 0.160. The van der Waals surface area contributed by atoms with Crippen LogP contribution in [0, 0.1) is 6.92 Å². The quantitative estimate of drug-likeness (QED) is 0.563. The maximum Gasteiger partial charge on any atom is 0.261 e. The molecule has 1 atom stereocenters. The molecule has 0 aromatic heterocycles. The fourth-order valence-corrected chi connectivity index (χ4v) is 3.21. The van der Waals surface area contributed by atoms with Gasteiger partial charge in [-0.25, -0.2) is 0 Å². The molecule has 0 spiro atoms. The second kappa shape index (κ2) is 11.2. The third-order valence-electron chi connectivity index (χ3n) is 4.45. The smallest absolute Gasteiger partial charge is 0.261 e. The highest BCUT2D eigenvalue weighted by Crippen LogP contribution is 2.22. The lowest BCUT2D eigenvalue weighted by molar-refractivity contribution is -0.142. The molecule has 0 bridgehead atoms. The van der Waals surface area contributed by atoms with Gasteiger partial charge in [-0.3, -0.25) is 9.59 Å². The standard InChI is InChI=1S/C22H26BrClN2O3/c1-4-10-25-22(28)16(3)26(13-17-6-5-7-18(24)12-17)21(27)14-29-19-8-9-20(23)15(2)11-19/h5-9,11-12,16H,4,10,13-14H2,1-3H3,(H,25,28). The lowest BCUT2D eigenvalue weighted by atomic mass is 10.1. The summed E-state index contributed by atoms with van der Waals surface area (Å²) in [5.74, 6) is 0.135. The highest BCUT2D eigenvalue weighted by Gasteiger charge is 2.26. The van der Waals surface area contributed by atoms with Crippen LogP contribution < -0.4 is 10.1 Å². The fourth-order valence-electron chi connectivity index (χ4n) is 2.75. The topological polar surface area (TPSA) is 58.6 Å². The van der Waals surface area contributed by atoms with Crippen molar-refractivity contribution >= 4 is 39.3 Å². The Bertz CT molecular complexity index is 860. The fraction of sp³-hybridized carbons (Fsp3) is 0.364. The number of nitrogens with zero attached hydrogens (tertiary/aromatic N) is 1. The van der Waals surface area contributed by atoms with E-state index in [0.29, 0.717) is 17.3 Å². The van der Waals surface area contributed by atoms with Crippen LogP contribution in [0.25, 0.3) is 0 Å². The Kier molecular flexibility index (Phi) is 8.99. The first-order valence-corrected chi connectivity index (χ1v) is 10.7. The van der Waals surface area contributed by atoms with Crippen LogP contribution in [0.1, 0.15) is 31.4 Å². The lowest BCUT2D eigenvalue weighted by Gasteiger charge is -2.28. The molecule has 156 valence electrons. The van der Waals surface area contributed by atoms with E-state index in [0.717, 1.165) is 22.0 Å². The van der Waals surface area contributed by atoms with Crippen molar-refractivity contribution in [1.82, 2.24) is 10.2 Å². The summed E-state index contributed by atoms with van der Waals surface area (Å²) in [6.07, 6.45) is 0.826. The predicted octanol–water partition coefficient (Wildman–Crippen LogP) is 4.73. The largest absolute Gasteiger partial charge is 0.484 e. The summed E-state index contributed by atoms with van der Waals surface area (Å²) in [4.78, 5) is 27.0. The maximum absolute atomic E-state index is 13.0. The second-order valence-corrected chi connectivity index (χ2v) is 8.11. The minimum atomic E-state index is -0.636. The first-order valence-electron chi connectivity index (χ1n) is 9.52. The zero-order valence-corrected chi connectivity index (χ0v) is 19.2. The van der Waals surface area contributed by atoms with Gasteiger partial charge in [0.2, 0.25) is 5.91 Å². The number of hydrogen-bond acceptors (Lipinski definition) is 3. The molecule has 29 heavy (non-hydrogen) atoms. The number of hydrogen-bond donors (Lipinski definition) is 1. The monoisotopic (exact) mass is 480 g/mol. The number of amides is 2. The molecule has 0 radical (unpaired) electrons. The van der Waals surface area contributed by atoms with E-state index < -0.39 is 6.04 Å². The third kappa shape index (κ3) is 7.05. The van der Waals surface area contributed by atoms with E-state index in [1.807, 2.05) is 38.1 Å². The zero-order valence-electron chi connectivity index (χ0n) is 16.9. The van der Waals surface area contributed by atoms with Crippen molar-refractivity contribution in [1.29, 1.82) is 0 Å². The Morgan fingerprint density at radius 3 is 2.66 bits per heavy atom. The van der Waals surface area contributed by atoms with Crippen molar-refractivity contribution in [3.8, 4) is 5.75 Å². The highest BCUT2D eigenvalue weighted by atomic mass is 79.9. The normalized spacial score (nSPS) is 11.6. The summed E-state index contributed by atoms with van der Waals surface area (Å²) >= 11 is 9.52. The van der Waals surface area contributed by atoms with Crippen molar-refractivity contribution in [2.45, 2.75) is 39.8 Å². The molecule has 2 amide bonds. The number of ether oxygens (including phenoxy) is 1. The van der Waals surface area contributed by atoms with Gasteiger partial charge in [0.1, 0.15) is 11.8 Å². The van der Waals surface area contributed by atoms with Gasteiger partial charge in [-0.2, -0.15) is 0 Å². The number of halogens is 2. The first-order chi connectivity index (χ1) is 13.8. The van der Waals surface area contributed by atoms with E-state index in [9.17, 15) is 9.59 Å².